The molecule has 0 aromatic heterocycles. The molecular formula is C18H29N. The van der Waals surface area contributed by atoms with Crippen LogP contribution in [0, 0.1) is 5.92 Å². The molecule has 2 atom stereocenters. The molecule has 1 heteroatoms. The molecule has 0 heterocycles. The van der Waals surface area contributed by atoms with E-state index in [4.69, 9.17) is 0 Å². The standard InChI is InChI=1S/C18H29N/c1-3-14-19-18(16-12-8-9-13-16)17(4-2)15-10-6-5-7-11-15/h5-7,10-11,16-19H,3-4,8-9,12-14H2,1-2H3. The molecule has 106 valence electrons. The summed E-state index contributed by atoms with van der Waals surface area (Å²) in [6, 6.07) is 11.8. The second-order valence-corrected chi connectivity index (χ2v) is 5.95. The van der Waals surface area contributed by atoms with Crippen molar-refractivity contribution in [2.24, 2.45) is 5.92 Å². The minimum absolute atomic E-state index is 0.676. The van der Waals surface area contributed by atoms with Gasteiger partial charge in [0.25, 0.3) is 0 Å². The molecule has 1 aromatic carbocycles. The van der Waals surface area contributed by atoms with E-state index in [0.717, 1.165) is 12.5 Å². The van der Waals surface area contributed by atoms with Crippen LogP contribution in [0.15, 0.2) is 30.3 Å². The first-order valence-electron chi connectivity index (χ1n) is 8.15. The number of hydrogen-bond donors (Lipinski definition) is 1. The van der Waals surface area contributed by atoms with Gasteiger partial charge in [-0.1, -0.05) is 57.0 Å². The van der Waals surface area contributed by atoms with E-state index >= 15 is 0 Å². The van der Waals surface area contributed by atoms with Gasteiger partial charge in [-0.05, 0) is 49.6 Å². The predicted octanol–water partition coefficient (Wildman–Crippen LogP) is 4.74. The fourth-order valence-corrected chi connectivity index (χ4v) is 3.66. The Labute approximate surface area is 118 Å². The van der Waals surface area contributed by atoms with Gasteiger partial charge in [0.05, 0.1) is 0 Å². The second-order valence-electron chi connectivity index (χ2n) is 5.95. The molecule has 2 unspecified atom stereocenters. The van der Waals surface area contributed by atoms with Crippen LogP contribution in [0.4, 0.5) is 0 Å². The molecule has 0 radical (unpaired) electrons. The zero-order valence-corrected chi connectivity index (χ0v) is 12.6. The molecule has 0 bridgehead atoms. The van der Waals surface area contributed by atoms with Crippen LogP contribution in [0.3, 0.4) is 0 Å². The van der Waals surface area contributed by atoms with Gasteiger partial charge in [0, 0.05) is 6.04 Å². The van der Waals surface area contributed by atoms with Gasteiger partial charge in [0.2, 0.25) is 0 Å². The van der Waals surface area contributed by atoms with Gasteiger partial charge >= 0.3 is 0 Å². The molecular weight excluding hydrogens is 230 g/mol. The van der Waals surface area contributed by atoms with E-state index in [1.807, 2.05) is 0 Å². The van der Waals surface area contributed by atoms with Crippen molar-refractivity contribution in [1.82, 2.24) is 5.32 Å². The first-order chi connectivity index (χ1) is 9.36. The highest BCUT2D eigenvalue weighted by atomic mass is 14.9. The lowest BCUT2D eigenvalue weighted by Gasteiger charge is -2.32. The van der Waals surface area contributed by atoms with Crippen molar-refractivity contribution in [3.8, 4) is 0 Å². The van der Waals surface area contributed by atoms with Crippen molar-refractivity contribution in [3.05, 3.63) is 35.9 Å². The summed E-state index contributed by atoms with van der Waals surface area (Å²) in [5, 5.41) is 3.86. The Morgan fingerprint density at radius 2 is 1.79 bits per heavy atom. The van der Waals surface area contributed by atoms with Crippen molar-refractivity contribution in [2.75, 3.05) is 6.54 Å². The minimum Gasteiger partial charge on any atom is -0.313 e. The molecule has 0 spiro atoms. The average Bonchev–Trinajstić information content (AvgIpc) is 2.98. The Balaban J connectivity index is 2.13. The molecule has 19 heavy (non-hydrogen) atoms. The third kappa shape index (κ3) is 3.82. The van der Waals surface area contributed by atoms with Gasteiger partial charge in [0.1, 0.15) is 0 Å². The zero-order valence-electron chi connectivity index (χ0n) is 12.6. The van der Waals surface area contributed by atoms with Gasteiger partial charge in [-0.2, -0.15) is 0 Å². The quantitative estimate of drug-likeness (QED) is 0.746. The Morgan fingerprint density at radius 1 is 1.11 bits per heavy atom. The fraction of sp³-hybridized carbons (Fsp3) is 0.667. The summed E-state index contributed by atoms with van der Waals surface area (Å²) < 4.78 is 0. The summed E-state index contributed by atoms with van der Waals surface area (Å²) in [4.78, 5) is 0. The maximum atomic E-state index is 3.86. The summed E-state index contributed by atoms with van der Waals surface area (Å²) in [6.45, 7) is 5.76. The van der Waals surface area contributed by atoms with Crippen molar-refractivity contribution < 1.29 is 0 Å². The van der Waals surface area contributed by atoms with Crippen molar-refractivity contribution in [2.45, 2.75) is 64.3 Å². The first-order valence-corrected chi connectivity index (χ1v) is 8.15. The van der Waals surface area contributed by atoms with E-state index in [-0.39, 0.29) is 0 Å². The van der Waals surface area contributed by atoms with E-state index in [1.165, 1.54) is 44.1 Å². The third-order valence-corrected chi connectivity index (χ3v) is 4.64. The van der Waals surface area contributed by atoms with Gasteiger partial charge in [-0.3, -0.25) is 0 Å². The van der Waals surface area contributed by atoms with Crippen LogP contribution in [-0.2, 0) is 0 Å². The molecule has 2 rings (SSSR count). The van der Waals surface area contributed by atoms with E-state index in [1.54, 1.807) is 0 Å². The molecule has 0 aliphatic heterocycles. The lowest BCUT2D eigenvalue weighted by Crippen LogP contribution is -2.40. The molecule has 1 aromatic rings. The second kappa shape index (κ2) is 7.69. The van der Waals surface area contributed by atoms with Crippen LogP contribution in [0.5, 0.6) is 0 Å². The summed E-state index contributed by atoms with van der Waals surface area (Å²) in [6.07, 6.45) is 8.17. The van der Waals surface area contributed by atoms with Crippen LogP contribution in [0.1, 0.15) is 63.9 Å². The van der Waals surface area contributed by atoms with Gasteiger partial charge in [0.15, 0.2) is 0 Å². The number of rotatable bonds is 7. The van der Waals surface area contributed by atoms with Crippen LogP contribution >= 0.6 is 0 Å². The highest BCUT2D eigenvalue weighted by Gasteiger charge is 2.30. The molecule has 1 nitrogen and oxygen atoms in total. The summed E-state index contributed by atoms with van der Waals surface area (Å²) in [7, 11) is 0. The van der Waals surface area contributed by atoms with Crippen LogP contribution in [0.25, 0.3) is 0 Å². The largest absolute Gasteiger partial charge is 0.313 e. The van der Waals surface area contributed by atoms with Gasteiger partial charge < -0.3 is 5.32 Å². The molecule has 1 aliphatic carbocycles. The summed E-state index contributed by atoms with van der Waals surface area (Å²) in [5.74, 6) is 1.56. The number of benzene rings is 1. The number of nitrogens with one attached hydrogen (secondary N) is 1. The smallest absolute Gasteiger partial charge is 0.0164 e. The Kier molecular flexibility index (Phi) is 5.91. The van der Waals surface area contributed by atoms with Gasteiger partial charge in [-0.15, -0.1) is 0 Å². The van der Waals surface area contributed by atoms with E-state index < -0.39 is 0 Å². The molecule has 1 saturated carbocycles. The summed E-state index contributed by atoms with van der Waals surface area (Å²) >= 11 is 0. The highest BCUT2D eigenvalue weighted by molar-refractivity contribution is 5.21. The monoisotopic (exact) mass is 259 g/mol. The summed E-state index contributed by atoms with van der Waals surface area (Å²) in [5.41, 5.74) is 1.52. The van der Waals surface area contributed by atoms with E-state index in [9.17, 15) is 0 Å². The Bertz CT molecular complexity index is 340. The maximum absolute atomic E-state index is 3.86. The van der Waals surface area contributed by atoms with Crippen LogP contribution in [0.2, 0.25) is 0 Å². The van der Waals surface area contributed by atoms with Gasteiger partial charge in [-0.25, -0.2) is 0 Å². The average molecular weight is 259 g/mol. The van der Waals surface area contributed by atoms with Crippen molar-refractivity contribution in [3.63, 3.8) is 0 Å². The third-order valence-electron chi connectivity index (χ3n) is 4.64. The zero-order chi connectivity index (χ0) is 13.5. The molecule has 1 aliphatic rings. The topological polar surface area (TPSA) is 12.0 Å². The number of hydrogen-bond acceptors (Lipinski definition) is 1. The Hall–Kier alpha value is -0.820. The van der Waals surface area contributed by atoms with Crippen LogP contribution in [-0.4, -0.2) is 12.6 Å². The SMILES string of the molecule is CCCNC(C1CCCC1)C(CC)c1ccccc1. The molecule has 0 saturated heterocycles. The normalized spacial score (nSPS) is 19.5. The molecule has 1 N–H and O–H groups in total. The molecule has 0 amide bonds. The maximum Gasteiger partial charge on any atom is 0.0164 e. The minimum atomic E-state index is 0.676. The van der Waals surface area contributed by atoms with E-state index in [2.05, 4.69) is 49.5 Å². The first kappa shape index (κ1) is 14.6. The fourth-order valence-electron chi connectivity index (χ4n) is 3.66. The molecule has 1 fully saturated rings. The van der Waals surface area contributed by atoms with Crippen LogP contribution < -0.4 is 5.32 Å². The predicted molar refractivity (Wildman–Crippen MR) is 83.5 cm³/mol. The lowest BCUT2D eigenvalue weighted by molar-refractivity contribution is 0.304. The van der Waals surface area contributed by atoms with Crippen molar-refractivity contribution >= 4 is 0 Å². The lowest BCUT2D eigenvalue weighted by atomic mass is 9.81. The van der Waals surface area contributed by atoms with Crippen molar-refractivity contribution in [1.29, 1.82) is 0 Å². The Morgan fingerprint density at radius 3 is 2.37 bits per heavy atom. The van der Waals surface area contributed by atoms with E-state index in [0.29, 0.717) is 12.0 Å². The highest BCUT2D eigenvalue weighted by Crippen LogP contribution is 2.36.